The molecular weight excluding hydrogens is 242 g/mol. The first-order chi connectivity index (χ1) is 9.24. The summed E-state index contributed by atoms with van der Waals surface area (Å²) in [5.41, 5.74) is 1.36. The third-order valence-electron chi connectivity index (χ3n) is 3.54. The number of pyridine rings is 1. The highest BCUT2D eigenvalue weighted by Crippen LogP contribution is 2.23. The molecule has 0 saturated carbocycles. The zero-order valence-electron chi connectivity index (χ0n) is 11.5. The topological polar surface area (TPSA) is 63.2 Å². The van der Waals surface area contributed by atoms with Crippen molar-refractivity contribution in [3.63, 3.8) is 0 Å². The molecule has 2 unspecified atom stereocenters. The minimum absolute atomic E-state index is 0.167. The third-order valence-corrected chi connectivity index (χ3v) is 3.54. The first-order valence-corrected chi connectivity index (χ1v) is 6.78. The summed E-state index contributed by atoms with van der Waals surface area (Å²) in [4.78, 5) is 15.5. The van der Waals surface area contributed by atoms with E-state index in [9.17, 15) is 4.79 Å². The molecule has 1 amide bonds. The number of aromatic nitrogens is 1. The van der Waals surface area contributed by atoms with Crippen molar-refractivity contribution in [1.29, 1.82) is 0 Å². The van der Waals surface area contributed by atoms with E-state index in [0.29, 0.717) is 17.7 Å². The molecule has 19 heavy (non-hydrogen) atoms. The number of rotatable bonds is 5. The number of hydrogen-bond donors (Lipinski definition) is 2. The van der Waals surface area contributed by atoms with Crippen LogP contribution >= 0.6 is 0 Å². The number of carbonyl (C=O) groups is 1. The molecule has 104 valence electrons. The fraction of sp³-hybridized carbons (Fsp3) is 0.571. The maximum atomic E-state index is 11.5. The molecule has 5 heteroatoms. The van der Waals surface area contributed by atoms with Crippen molar-refractivity contribution in [3.05, 3.63) is 24.0 Å². The SMILES string of the molecule is CCC1OCCC1CNc1ccnc(C(=O)NC)c1. The van der Waals surface area contributed by atoms with Crippen LogP contribution in [-0.2, 0) is 4.74 Å². The first-order valence-electron chi connectivity index (χ1n) is 6.78. The van der Waals surface area contributed by atoms with Gasteiger partial charge < -0.3 is 15.4 Å². The molecule has 2 N–H and O–H groups in total. The van der Waals surface area contributed by atoms with Crippen LogP contribution in [0.5, 0.6) is 0 Å². The number of hydrogen-bond acceptors (Lipinski definition) is 4. The minimum atomic E-state index is -0.167. The standard InChI is InChI=1S/C14H21N3O2/c1-3-13-10(5-7-19-13)9-17-11-4-6-16-12(8-11)14(18)15-2/h4,6,8,10,13H,3,5,7,9H2,1-2H3,(H,15,18)(H,16,17). The van der Waals surface area contributed by atoms with Gasteiger partial charge in [-0.05, 0) is 25.0 Å². The summed E-state index contributed by atoms with van der Waals surface area (Å²) in [6.07, 6.45) is 4.15. The van der Waals surface area contributed by atoms with E-state index in [0.717, 1.165) is 31.7 Å². The van der Waals surface area contributed by atoms with Crippen molar-refractivity contribution in [1.82, 2.24) is 10.3 Å². The van der Waals surface area contributed by atoms with E-state index < -0.39 is 0 Å². The number of carbonyl (C=O) groups excluding carboxylic acids is 1. The first kappa shape index (κ1) is 13.8. The highest BCUT2D eigenvalue weighted by Gasteiger charge is 2.26. The molecule has 1 fully saturated rings. The van der Waals surface area contributed by atoms with Crippen molar-refractivity contribution in [3.8, 4) is 0 Å². The van der Waals surface area contributed by atoms with Crippen molar-refractivity contribution in [2.45, 2.75) is 25.9 Å². The molecule has 0 aromatic carbocycles. The number of nitrogens with one attached hydrogen (secondary N) is 2. The molecule has 2 rings (SSSR count). The van der Waals surface area contributed by atoms with E-state index >= 15 is 0 Å². The van der Waals surface area contributed by atoms with Crippen molar-refractivity contribution < 1.29 is 9.53 Å². The average molecular weight is 263 g/mol. The molecule has 0 spiro atoms. The average Bonchev–Trinajstić information content (AvgIpc) is 2.92. The fourth-order valence-corrected chi connectivity index (χ4v) is 2.42. The quantitative estimate of drug-likeness (QED) is 0.848. The van der Waals surface area contributed by atoms with Gasteiger partial charge in [0.25, 0.3) is 5.91 Å². The van der Waals surface area contributed by atoms with Crippen molar-refractivity contribution in [2.75, 3.05) is 25.5 Å². The van der Waals surface area contributed by atoms with Gasteiger partial charge >= 0.3 is 0 Å². The second kappa shape index (κ2) is 6.52. The summed E-state index contributed by atoms with van der Waals surface area (Å²) < 4.78 is 5.67. The van der Waals surface area contributed by atoms with Crippen molar-refractivity contribution in [2.24, 2.45) is 5.92 Å². The van der Waals surface area contributed by atoms with Crippen LogP contribution in [0.1, 0.15) is 30.3 Å². The molecule has 0 radical (unpaired) electrons. The monoisotopic (exact) mass is 263 g/mol. The van der Waals surface area contributed by atoms with Crippen LogP contribution in [0.3, 0.4) is 0 Å². The maximum Gasteiger partial charge on any atom is 0.269 e. The van der Waals surface area contributed by atoms with Gasteiger partial charge in [-0.1, -0.05) is 6.92 Å². The van der Waals surface area contributed by atoms with Crippen LogP contribution in [0.25, 0.3) is 0 Å². The second-order valence-electron chi connectivity index (χ2n) is 4.76. The zero-order chi connectivity index (χ0) is 13.7. The van der Waals surface area contributed by atoms with E-state index in [4.69, 9.17) is 4.74 Å². The molecule has 5 nitrogen and oxygen atoms in total. The van der Waals surface area contributed by atoms with E-state index in [-0.39, 0.29) is 5.91 Å². The van der Waals surface area contributed by atoms with Crippen LogP contribution in [-0.4, -0.2) is 37.2 Å². The fourth-order valence-electron chi connectivity index (χ4n) is 2.42. The van der Waals surface area contributed by atoms with Crippen LogP contribution in [0.15, 0.2) is 18.3 Å². The van der Waals surface area contributed by atoms with Gasteiger partial charge in [0.1, 0.15) is 5.69 Å². The Morgan fingerprint density at radius 3 is 3.16 bits per heavy atom. The third kappa shape index (κ3) is 3.44. The number of nitrogens with zero attached hydrogens (tertiary/aromatic N) is 1. The second-order valence-corrected chi connectivity index (χ2v) is 4.76. The Labute approximate surface area is 113 Å². The predicted molar refractivity (Wildman–Crippen MR) is 74.3 cm³/mol. The van der Waals surface area contributed by atoms with Crippen molar-refractivity contribution >= 4 is 11.6 Å². The van der Waals surface area contributed by atoms with E-state index in [1.54, 1.807) is 19.3 Å². The normalized spacial score (nSPS) is 22.2. The Balaban J connectivity index is 1.94. The lowest BCUT2D eigenvalue weighted by atomic mass is 9.99. The number of anilines is 1. The van der Waals surface area contributed by atoms with Crippen LogP contribution in [0, 0.1) is 5.92 Å². The molecular formula is C14H21N3O2. The van der Waals surface area contributed by atoms with Crippen LogP contribution < -0.4 is 10.6 Å². The molecule has 1 aliphatic heterocycles. The molecule has 0 bridgehead atoms. The number of ether oxygens (including phenoxy) is 1. The minimum Gasteiger partial charge on any atom is -0.385 e. The van der Waals surface area contributed by atoms with Gasteiger partial charge in [0, 0.05) is 38.0 Å². The highest BCUT2D eigenvalue weighted by atomic mass is 16.5. The molecule has 0 aliphatic carbocycles. The van der Waals surface area contributed by atoms with Gasteiger partial charge in [-0.2, -0.15) is 0 Å². The molecule has 1 aromatic heterocycles. The van der Waals surface area contributed by atoms with Gasteiger partial charge in [0.15, 0.2) is 0 Å². The molecule has 2 heterocycles. The summed E-state index contributed by atoms with van der Waals surface area (Å²) in [7, 11) is 1.60. The summed E-state index contributed by atoms with van der Waals surface area (Å²) in [6.45, 7) is 3.87. The Morgan fingerprint density at radius 2 is 2.42 bits per heavy atom. The van der Waals surface area contributed by atoms with E-state index in [1.165, 1.54) is 0 Å². The molecule has 1 saturated heterocycles. The van der Waals surface area contributed by atoms with Gasteiger partial charge in [-0.25, -0.2) is 0 Å². The maximum absolute atomic E-state index is 11.5. The van der Waals surface area contributed by atoms with Gasteiger partial charge in [0.05, 0.1) is 6.10 Å². The number of amides is 1. The van der Waals surface area contributed by atoms with Crippen LogP contribution in [0.2, 0.25) is 0 Å². The smallest absolute Gasteiger partial charge is 0.269 e. The molecule has 2 atom stereocenters. The predicted octanol–water partition coefficient (Wildman–Crippen LogP) is 1.67. The van der Waals surface area contributed by atoms with E-state index in [2.05, 4.69) is 22.5 Å². The summed E-state index contributed by atoms with van der Waals surface area (Å²) in [6, 6.07) is 3.65. The largest absolute Gasteiger partial charge is 0.385 e. The lowest BCUT2D eigenvalue weighted by Crippen LogP contribution is -2.23. The lowest BCUT2D eigenvalue weighted by molar-refractivity contribution is 0.0900. The Morgan fingerprint density at radius 1 is 1.58 bits per heavy atom. The Bertz CT molecular complexity index is 436. The zero-order valence-corrected chi connectivity index (χ0v) is 11.5. The van der Waals surface area contributed by atoms with Gasteiger partial charge in [0.2, 0.25) is 0 Å². The summed E-state index contributed by atoms with van der Waals surface area (Å²) >= 11 is 0. The summed E-state index contributed by atoms with van der Waals surface area (Å²) in [5.74, 6) is 0.376. The summed E-state index contributed by atoms with van der Waals surface area (Å²) in [5, 5.41) is 5.94. The Kier molecular flexibility index (Phi) is 4.74. The lowest BCUT2D eigenvalue weighted by Gasteiger charge is -2.18. The Hall–Kier alpha value is -1.62. The van der Waals surface area contributed by atoms with E-state index in [1.807, 2.05) is 6.07 Å². The van der Waals surface area contributed by atoms with Crippen LogP contribution in [0.4, 0.5) is 5.69 Å². The molecule has 1 aromatic rings. The van der Waals surface area contributed by atoms with Gasteiger partial charge in [-0.15, -0.1) is 0 Å². The molecule has 1 aliphatic rings. The van der Waals surface area contributed by atoms with Gasteiger partial charge in [-0.3, -0.25) is 9.78 Å². The highest BCUT2D eigenvalue weighted by molar-refractivity contribution is 5.92.